The van der Waals surface area contributed by atoms with E-state index in [1.165, 1.54) is 18.2 Å². The van der Waals surface area contributed by atoms with Crippen molar-refractivity contribution in [3.8, 4) is 5.75 Å². The van der Waals surface area contributed by atoms with Crippen LogP contribution >= 0.6 is 0 Å². The standard InChI is InChI=1S/C15H24N4O5/c1-15(2,3)24-14(20)18(5)8-7-17(4)11-9-12(23-6)13(16-10-11)19(21)22/h9-10H,7-8H2,1-6H3. The molecule has 0 aliphatic heterocycles. The minimum absolute atomic E-state index is 0.0878. The van der Waals surface area contributed by atoms with E-state index >= 15 is 0 Å². The number of hydrogen-bond acceptors (Lipinski definition) is 7. The molecule has 0 aliphatic carbocycles. The van der Waals surface area contributed by atoms with Crippen molar-refractivity contribution >= 4 is 17.6 Å². The van der Waals surface area contributed by atoms with Crippen LogP contribution in [-0.2, 0) is 4.74 Å². The molecular weight excluding hydrogens is 316 g/mol. The molecular formula is C15H24N4O5. The van der Waals surface area contributed by atoms with Crippen molar-refractivity contribution in [2.75, 3.05) is 39.2 Å². The maximum Gasteiger partial charge on any atom is 0.410 e. The van der Waals surface area contributed by atoms with Crippen LogP contribution in [0.15, 0.2) is 12.3 Å². The minimum atomic E-state index is -0.598. The number of likely N-dealkylation sites (N-methyl/N-ethyl adjacent to an activating group) is 2. The first-order valence-corrected chi connectivity index (χ1v) is 7.39. The van der Waals surface area contributed by atoms with Gasteiger partial charge in [0.25, 0.3) is 0 Å². The molecule has 0 bridgehead atoms. The number of hydrogen-bond donors (Lipinski definition) is 0. The number of ether oxygens (including phenoxy) is 2. The number of aromatic nitrogens is 1. The van der Waals surface area contributed by atoms with E-state index in [1.807, 2.05) is 4.90 Å². The Hall–Kier alpha value is -2.58. The Kier molecular flexibility index (Phi) is 6.33. The van der Waals surface area contributed by atoms with Crippen LogP contribution in [0.3, 0.4) is 0 Å². The molecule has 24 heavy (non-hydrogen) atoms. The third-order valence-electron chi connectivity index (χ3n) is 3.13. The first-order valence-electron chi connectivity index (χ1n) is 7.39. The van der Waals surface area contributed by atoms with Gasteiger partial charge in [0.2, 0.25) is 5.75 Å². The second-order valence-corrected chi connectivity index (χ2v) is 6.30. The molecule has 1 aromatic heterocycles. The number of methoxy groups -OCH3 is 1. The fourth-order valence-electron chi connectivity index (χ4n) is 1.78. The van der Waals surface area contributed by atoms with Gasteiger partial charge in [0, 0.05) is 33.3 Å². The van der Waals surface area contributed by atoms with E-state index in [2.05, 4.69) is 4.98 Å². The number of nitrogens with zero attached hydrogens (tertiary/aromatic N) is 4. The van der Waals surface area contributed by atoms with Crippen molar-refractivity contribution in [3.05, 3.63) is 22.4 Å². The molecule has 1 amide bonds. The number of nitro groups is 1. The highest BCUT2D eigenvalue weighted by Crippen LogP contribution is 2.28. The molecule has 0 saturated carbocycles. The van der Waals surface area contributed by atoms with Gasteiger partial charge in [0.1, 0.15) is 5.60 Å². The van der Waals surface area contributed by atoms with Crippen molar-refractivity contribution in [2.24, 2.45) is 0 Å². The zero-order chi connectivity index (χ0) is 18.5. The average Bonchev–Trinajstić information content (AvgIpc) is 2.49. The zero-order valence-electron chi connectivity index (χ0n) is 14.9. The van der Waals surface area contributed by atoms with Gasteiger partial charge < -0.3 is 29.4 Å². The molecule has 9 heteroatoms. The van der Waals surface area contributed by atoms with Crippen LogP contribution in [0, 0.1) is 10.1 Å². The first-order chi connectivity index (χ1) is 11.0. The van der Waals surface area contributed by atoms with Crippen LogP contribution < -0.4 is 9.64 Å². The van der Waals surface area contributed by atoms with Crippen LogP contribution in [0.5, 0.6) is 5.75 Å². The Morgan fingerprint density at radius 2 is 1.96 bits per heavy atom. The average molecular weight is 340 g/mol. The summed E-state index contributed by atoms with van der Waals surface area (Å²) in [5, 5.41) is 10.9. The molecule has 9 nitrogen and oxygen atoms in total. The summed E-state index contributed by atoms with van der Waals surface area (Å²) in [5.74, 6) is -0.245. The lowest BCUT2D eigenvalue weighted by atomic mass is 10.2. The van der Waals surface area contributed by atoms with Gasteiger partial charge in [0.15, 0.2) is 6.20 Å². The van der Waals surface area contributed by atoms with Crippen LogP contribution in [0.4, 0.5) is 16.3 Å². The quantitative estimate of drug-likeness (QED) is 0.579. The smallest absolute Gasteiger partial charge is 0.410 e. The van der Waals surface area contributed by atoms with Crippen LogP contribution in [0.1, 0.15) is 20.8 Å². The summed E-state index contributed by atoms with van der Waals surface area (Å²) in [6.45, 7) is 6.34. The largest absolute Gasteiger partial charge is 0.489 e. The van der Waals surface area contributed by atoms with Crippen molar-refractivity contribution in [1.29, 1.82) is 0 Å². The third kappa shape index (κ3) is 5.56. The Morgan fingerprint density at radius 1 is 1.33 bits per heavy atom. The second kappa shape index (κ2) is 7.80. The summed E-state index contributed by atoms with van der Waals surface area (Å²) < 4.78 is 10.3. The third-order valence-corrected chi connectivity index (χ3v) is 3.13. The van der Waals surface area contributed by atoms with Gasteiger partial charge in [-0.1, -0.05) is 0 Å². The summed E-state index contributed by atoms with van der Waals surface area (Å²) in [7, 11) is 4.80. The molecule has 0 spiro atoms. The lowest BCUT2D eigenvalue weighted by Gasteiger charge is -2.26. The van der Waals surface area contributed by atoms with E-state index in [4.69, 9.17) is 9.47 Å². The van der Waals surface area contributed by atoms with Crippen molar-refractivity contribution in [1.82, 2.24) is 9.88 Å². The van der Waals surface area contributed by atoms with Gasteiger partial charge in [-0.25, -0.2) is 4.79 Å². The van der Waals surface area contributed by atoms with Crippen LogP contribution in [0.25, 0.3) is 0 Å². The van der Waals surface area contributed by atoms with Gasteiger partial charge in [-0.05, 0) is 30.7 Å². The van der Waals surface area contributed by atoms with E-state index in [0.29, 0.717) is 18.8 Å². The summed E-state index contributed by atoms with van der Waals surface area (Å²) in [5.41, 5.74) is 0.0995. The van der Waals surface area contributed by atoms with Gasteiger partial charge in [0.05, 0.1) is 12.8 Å². The maximum absolute atomic E-state index is 11.9. The summed E-state index contributed by atoms with van der Waals surface area (Å²) in [6.07, 6.45) is 0.990. The monoisotopic (exact) mass is 340 g/mol. The van der Waals surface area contributed by atoms with Gasteiger partial charge in [-0.2, -0.15) is 0 Å². The molecule has 0 atom stereocenters. The number of amides is 1. The van der Waals surface area contributed by atoms with Gasteiger partial charge in [-0.3, -0.25) is 0 Å². The van der Waals surface area contributed by atoms with Crippen molar-refractivity contribution in [2.45, 2.75) is 26.4 Å². The molecule has 0 aliphatic rings. The molecule has 0 unspecified atom stereocenters. The molecule has 0 N–H and O–H groups in total. The Labute approximate surface area is 141 Å². The van der Waals surface area contributed by atoms with E-state index in [0.717, 1.165) is 0 Å². The van der Waals surface area contributed by atoms with Crippen molar-refractivity contribution < 1.29 is 19.2 Å². The van der Waals surface area contributed by atoms with E-state index in [-0.39, 0.29) is 11.6 Å². The molecule has 0 aromatic carbocycles. The topological polar surface area (TPSA) is 98.0 Å². The molecule has 134 valence electrons. The number of carbonyl (C=O) groups excluding carboxylic acids is 1. The normalized spacial score (nSPS) is 10.9. The maximum atomic E-state index is 11.9. The SMILES string of the molecule is COc1cc(N(C)CCN(C)C(=O)OC(C)(C)C)cnc1[N+](=O)[O-]. The Bertz CT molecular complexity index is 600. The van der Waals surface area contributed by atoms with E-state index in [9.17, 15) is 14.9 Å². The minimum Gasteiger partial charge on any atom is -0.489 e. The Morgan fingerprint density at radius 3 is 2.46 bits per heavy atom. The fourth-order valence-corrected chi connectivity index (χ4v) is 1.78. The molecule has 0 saturated heterocycles. The molecule has 0 radical (unpaired) electrons. The van der Waals surface area contributed by atoms with Crippen LogP contribution in [0.2, 0.25) is 0 Å². The predicted octanol–water partition coefficient (Wildman–Crippen LogP) is 2.30. The Balaban J connectivity index is 2.70. The van der Waals surface area contributed by atoms with Crippen molar-refractivity contribution in [3.63, 3.8) is 0 Å². The summed E-state index contributed by atoms with van der Waals surface area (Å²) in [4.78, 5) is 29.3. The van der Waals surface area contributed by atoms with E-state index in [1.54, 1.807) is 40.9 Å². The summed E-state index contributed by atoms with van der Waals surface area (Å²) >= 11 is 0. The number of carbonyl (C=O) groups is 1. The lowest BCUT2D eigenvalue weighted by molar-refractivity contribution is -0.390. The number of pyridine rings is 1. The first kappa shape index (κ1) is 19.5. The summed E-state index contributed by atoms with van der Waals surface area (Å²) in [6, 6.07) is 1.54. The van der Waals surface area contributed by atoms with Gasteiger partial charge >= 0.3 is 11.9 Å². The fraction of sp³-hybridized carbons (Fsp3) is 0.600. The molecule has 1 heterocycles. The second-order valence-electron chi connectivity index (χ2n) is 6.30. The predicted molar refractivity (Wildman–Crippen MR) is 89.6 cm³/mol. The number of anilines is 1. The van der Waals surface area contributed by atoms with Gasteiger partial charge in [-0.15, -0.1) is 0 Å². The highest BCUT2D eigenvalue weighted by atomic mass is 16.6. The van der Waals surface area contributed by atoms with Crippen LogP contribution in [-0.4, -0.2) is 60.8 Å². The number of rotatable bonds is 6. The molecule has 1 aromatic rings. The highest BCUT2D eigenvalue weighted by molar-refractivity contribution is 5.67. The molecule has 1 rings (SSSR count). The zero-order valence-corrected chi connectivity index (χ0v) is 14.9. The lowest BCUT2D eigenvalue weighted by Crippen LogP contribution is -2.38. The molecule has 0 fully saturated rings. The van der Waals surface area contributed by atoms with E-state index < -0.39 is 16.6 Å². The highest BCUT2D eigenvalue weighted by Gasteiger charge is 2.21.